The van der Waals surface area contributed by atoms with Crippen LogP contribution in [0.5, 0.6) is 0 Å². The van der Waals surface area contributed by atoms with Crippen LogP contribution in [0.2, 0.25) is 0 Å². The van der Waals surface area contributed by atoms with Gasteiger partial charge in [0, 0.05) is 18.4 Å². The molecule has 0 radical (unpaired) electrons. The minimum Gasteiger partial charge on any atom is -0.311 e. The first-order valence-corrected chi connectivity index (χ1v) is 6.61. The summed E-state index contributed by atoms with van der Waals surface area (Å²) < 4.78 is 1.83. The van der Waals surface area contributed by atoms with Crippen LogP contribution < -0.4 is 5.32 Å². The van der Waals surface area contributed by atoms with Crippen molar-refractivity contribution in [2.45, 2.75) is 34.2 Å². The van der Waals surface area contributed by atoms with Gasteiger partial charge in [0.15, 0.2) is 5.82 Å². The van der Waals surface area contributed by atoms with Gasteiger partial charge in [0.05, 0.1) is 17.6 Å². The van der Waals surface area contributed by atoms with Crippen molar-refractivity contribution in [3.63, 3.8) is 0 Å². The summed E-state index contributed by atoms with van der Waals surface area (Å²) in [6.45, 7) is 10.1. The molecule has 102 valence electrons. The Hall–Kier alpha value is -1.75. The highest BCUT2D eigenvalue weighted by atomic mass is 15.3. The number of aromatic nitrogens is 4. The molecule has 0 aliphatic heterocycles. The van der Waals surface area contributed by atoms with E-state index in [1.165, 1.54) is 0 Å². The molecular formula is C14H21N5. The number of nitrogens with zero attached hydrogens (tertiary/aromatic N) is 4. The summed E-state index contributed by atoms with van der Waals surface area (Å²) in [5, 5.41) is 7.79. The summed E-state index contributed by atoms with van der Waals surface area (Å²) >= 11 is 0. The molecule has 2 aromatic heterocycles. The zero-order valence-electron chi connectivity index (χ0n) is 12.0. The molecule has 0 atom stereocenters. The Bertz CT molecular complexity index is 545. The normalized spacial score (nSPS) is 11.2. The van der Waals surface area contributed by atoms with Gasteiger partial charge in [-0.15, -0.1) is 0 Å². The van der Waals surface area contributed by atoms with Gasteiger partial charge < -0.3 is 5.32 Å². The Kier molecular flexibility index (Phi) is 4.27. The highest BCUT2D eigenvalue weighted by Gasteiger charge is 2.06. The number of hydrogen-bond donors (Lipinski definition) is 1. The fourth-order valence-corrected chi connectivity index (χ4v) is 1.93. The van der Waals surface area contributed by atoms with Crippen molar-refractivity contribution in [3.05, 3.63) is 35.5 Å². The Balaban J connectivity index is 2.13. The topological polar surface area (TPSA) is 55.6 Å². The smallest absolute Gasteiger partial charge is 0.172 e. The highest BCUT2D eigenvalue weighted by molar-refractivity contribution is 5.23. The molecule has 0 saturated carbocycles. The van der Waals surface area contributed by atoms with Crippen LogP contribution in [-0.2, 0) is 6.54 Å². The van der Waals surface area contributed by atoms with Gasteiger partial charge in [0.1, 0.15) is 0 Å². The van der Waals surface area contributed by atoms with Crippen LogP contribution in [-0.4, -0.2) is 26.3 Å². The Morgan fingerprint density at radius 2 is 2.05 bits per heavy atom. The Morgan fingerprint density at radius 3 is 2.68 bits per heavy atom. The van der Waals surface area contributed by atoms with Gasteiger partial charge in [0.25, 0.3) is 0 Å². The van der Waals surface area contributed by atoms with Crippen molar-refractivity contribution >= 4 is 0 Å². The van der Waals surface area contributed by atoms with E-state index in [-0.39, 0.29) is 0 Å². The lowest BCUT2D eigenvalue weighted by molar-refractivity contribution is 0.547. The third-order valence-electron chi connectivity index (χ3n) is 2.76. The van der Waals surface area contributed by atoms with Crippen molar-refractivity contribution in [2.24, 2.45) is 5.92 Å². The molecule has 5 heteroatoms. The molecular weight excluding hydrogens is 238 g/mol. The Labute approximate surface area is 114 Å². The summed E-state index contributed by atoms with van der Waals surface area (Å²) in [5.74, 6) is 1.40. The van der Waals surface area contributed by atoms with E-state index in [0.717, 1.165) is 36.0 Å². The van der Waals surface area contributed by atoms with Crippen LogP contribution in [0, 0.1) is 19.8 Å². The molecule has 0 unspecified atom stereocenters. The summed E-state index contributed by atoms with van der Waals surface area (Å²) in [7, 11) is 0. The van der Waals surface area contributed by atoms with Gasteiger partial charge in [-0.05, 0) is 32.4 Å². The molecule has 2 heterocycles. The van der Waals surface area contributed by atoms with Crippen LogP contribution in [0.4, 0.5) is 0 Å². The SMILES string of the molecule is Cc1cc(C)n(-c2cncc(CNCC(C)C)n2)n1. The second-order valence-corrected chi connectivity index (χ2v) is 5.23. The molecule has 2 aromatic rings. The number of nitrogens with one attached hydrogen (secondary N) is 1. The van der Waals surface area contributed by atoms with Crippen molar-refractivity contribution in [1.29, 1.82) is 0 Å². The predicted molar refractivity (Wildman–Crippen MR) is 75.2 cm³/mol. The van der Waals surface area contributed by atoms with E-state index in [0.29, 0.717) is 5.92 Å². The molecule has 0 aromatic carbocycles. The predicted octanol–water partition coefficient (Wildman–Crippen LogP) is 2.02. The van der Waals surface area contributed by atoms with E-state index < -0.39 is 0 Å². The van der Waals surface area contributed by atoms with Crippen LogP contribution >= 0.6 is 0 Å². The van der Waals surface area contributed by atoms with E-state index in [9.17, 15) is 0 Å². The summed E-state index contributed by atoms with van der Waals surface area (Å²) in [6.07, 6.45) is 3.54. The molecule has 1 N–H and O–H groups in total. The van der Waals surface area contributed by atoms with Gasteiger partial charge in [0.2, 0.25) is 0 Å². The van der Waals surface area contributed by atoms with E-state index in [1.807, 2.05) is 24.6 Å². The maximum Gasteiger partial charge on any atom is 0.172 e. The van der Waals surface area contributed by atoms with Gasteiger partial charge >= 0.3 is 0 Å². The number of rotatable bonds is 5. The van der Waals surface area contributed by atoms with Crippen LogP contribution in [0.25, 0.3) is 5.82 Å². The van der Waals surface area contributed by atoms with E-state index in [4.69, 9.17) is 0 Å². The van der Waals surface area contributed by atoms with Crippen molar-refractivity contribution in [3.8, 4) is 5.82 Å². The molecule has 0 amide bonds. The summed E-state index contributed by atoms with van der Waals surface area (Å²) in [5.41, 5.74) is 2.99. The first kappa shape index (κ1) is 13.7. The lowest BCUT2D eigenvalue weighted by atomic mass is 10.2. The maximum atomic E-state index is 4.59. The molecule has 0 aliphatic rings. The number of aryl methyl sites for hydroxylation is 2. The zero-order chi connectivity index (χ0) is 13.8. The zero-order valence-corrected chi connectivity index (χ0v) is 12.0. The summed E-state index contributed by atoms with van der Waals surface area (Å²) in [6, 6.07) is 2.03. The van der Waals surface area contributed by atoms with E-state index >= 15 is 0 Å². The number of hydrogen-bond acceptors (Lipinski definition) is 4. The van der Waals surface area contributed by atoms with Gasteiger partial charge in [-0.1, -0.05) is 13.8 Å². The van der Waals surface area contributed by atoms with Gasteiger partial charge in [-0.3, -0.25) is 4.98 Å². The van der Waals surface area contributed by atoms with Crippen molar-refractivity contribution in [2.75, 3.05) is 6.54 Å². The van der Waals surface area contributed by atoms with Crippen LogP contribution in [0.1, 0.15) is 30.9 Å². The monoisotopic (exact) mass is 259 g/mol. The molecule has 5 nitrogen and oxygen atoms in total. The highest BCUT2D eigenvalue weighted by Crippen LogP contribution is 2.09. The Morgan fingerprint density at radius 1 is 1.26 bits per heavy atom. The standard InChI is InChI=1S/C14H21N5/c1-10(2)6-15-7-13-8-16-9-14(17-13)19-12(4)5-11(3)18-19/h5,8-10,15H,6-7H2,1-4H3. The van der Waals surface area contributed by atoms with Crippen LogP contribution in [0.3, 0.4) is 0 Å². The van der Waals surface area contributed by atoms with Gasteiger partial charge in [-0.25, -0.2) is 9.67 Å². The average Bonchev–Trinajstić information content (AvgIpc) is 2.68. The van der Waals surface area contributed by atoms with Crippen LogP contribution in [0.15, 0.2) is 18.5 Å². The minimum absolute atomic E-state index is 0.632. The maximum absolute atomic E-state index is 4.59. The van der Waals surface area contributed by atoms with Crippen molar-refractivity contribution < 1.29 is 0 Å². The fraction of sp³-hybridized carbons (Fsp3) is 0.500. The molecule has 0 spiro atoms. The third kappa shape index (κ3) is 3.61. The van der Waals surface area contributed by atoms with E-state index in [1.54, 1.807) is 12.4 Å². The molecule has 2 rings (SSSR count). The second-order valence-electron chi connectivity index (χ2n) is 5.23. The fourth-order valence-electron chi connectivity index (χ4n) is 1.93. The van der Waals surface area contributed by atoms with Crippen molar-refractivity contribution in [1.82, 2.24) is 25.1 Å². The first-order chi connectivity index (χ1) is 9.06. The quantitative estimate of drug-likeness (QED) is 0.892. The molecule has 0 saturated heterocycles. The summed E-state index contributed by atoms with van der Waals surface area (Å²) in [4.78, 5) is 8.84. The van der Waals surface area contributed by atoms with Gasteiger partial charge in [-0.2, -0.15) is 5.10 Å². The lowest BCUT2D eigenvalue weighted by Gasteiger charge is -2.08. The molecule has 0 fully saturated rings. The molecule has 0 bridgehead atoms. The molecule has 0 aliphatic carbocycles. The largest absolute Gasteiger partial charge is 0.311 e. The first-order valence-electron chi connectivity index (χ1n) is 6.61. The molecule has 19 heavy (non-hydrogen) atoms. The minimum atomic E-state index is 0.632. The van der Waals surface area contributed by atoms with E-state index in [2.05, 4.69) is 34.2 Å². The second kappa shape index (κ2) is 5.93. The average molecular weight is 259 g/mol. The lowest BCUT2D eigenvalue weighted by Crippen LogP contribution is -2.20. The third-order valence-corrected chi connectivity index (χ3v) is 2.76.